The molecule has 4 heteroatoms. The Morgan fingerprint density at radius 2 is 1.55 bits per heavy atom. The van der Waals surface area contributed by atoms with Gasteiger partial charge in [0.25, 0.3) is 0 Å². The number of amides is 1. The number of nitrogens with one attached hydrogen (secondary N) is 1. The first-order valence-corrected chi connectivity index (χ1v) is 7.53. The van der Waals surface area contributed by atoms with Gasteiger partial charge in [0.2, 0.25) is 0 Å². The van der Waals surface area contributed by atoms with Crippen LogP contribution in [-0.4, -0.2) is 11.7 Å². The fraction of sp³-hybridized carbons (Fsp3) is 0.278. The lowest BCUT2D eigenvalue weighted by Gasteiger charge is -2.24. The molecule has 1 N–H and O–H groups in total. The predicted molar refractivity (Wildman–Crippen MR) is 89.1 cm³/mol. The Labute approximate surface area is 136 Å². The van der Waals surface area contributed by atoms with E-state index in [9.17, 15) is 4.79 Å². The zero-order chi connectivity index (χ0) is 16.2. The number of halogens is 1. The molecule has 0 saturated carbocycles. The fourth-order valence-electron chi connectivity index (χ4n) is 2.09. The average molecular weight is 318 g/mol. The van der Waals surface area contributed by atoms with Gasteiger partial charge in [-0.25, -0.2) is 4.79 Å². The lowest BCUT2D eigenvalue weighted by atomic mass is 9.99. The number of ether oxygens (including phenoxy) is 1. The summed E-state index contributed by atoms with van der Waals surface area (Å²) in [6.45, 7) is 5.52. The van der Waals surface area contributed by atoms with E-state index in [-0.39, 0.29) is 6.04 Å². The zero-order valence-electron chi connectivity index (χ0n) is 13.0. The first kappa shape index (κ1) is 16.4. The highest BCUT2D eigenvalue weighted by molar-refractivity contribution is 6.30. The number of rotatable bonds is 3. The summed E-state index contributed by atoms with van der Waals surface area (Å²) in [6, 6.07) is 16.9. The zero-order valence-corrected chi connectivity index (χ0v) is 13.7. The highest BCUT2D eigenvalue weighted by atomic mass is 35.5. The number of carbonyl (C=O) groups excluding carboxylic acids is 1. The average Bonchev–Trinajstić information content (AvgIpc) is 2.45. The normalized spacial score (nSPS) is 12.5. The summed E-state index contributed by atoms with van der Waals surface area (Å²) in [7, 11) is 0. The Balaban J connectivity index is 2.26. The number of carbonyl (C=O) groups is 1. The van der Waals surface area contributed by atoms with E-state index >= 15 is 0 Å². The summed E-state index contributed by atoms with van der Waals surface area (Å²) >= 11 is 5.94. The smallest absolute Gasteiger partial charge is 0.408 e. The van der Waals surface area contributed by atoms with E-state index in [1.165, 1.54) is 0 Å². The van der Waals surface area contributed by atoms with E-state index < -0.39 is 11.7 Å². The summed E-state index contributed by atoms with van der Waals surface area (Å²) in [5.74, 6) is 0. The van der Waals surface area contributed by atoms with Crippen molar-refractivity contribution in [2.75, 3.05) is 0 Å². The van der Waals surface area contributed by atoms with E-state index in [0.717, 1.165) is 11.1 Å². The monoisotopic (exact) mass is 317 g/mol. The second-order valence-corrected chi connectivity index (χ2v) is 6.48. The first-order valence-electron chi connectivity index (χ1n) is 7.15. The summed E-state index contributed by atoms with van der Waals surface area (Å²) in [5.41, 5.74) is 1.39. The van der Waals surface area contributed by atoms with Crippen molar-refractivity contribution >= 4 is 17.7 Å². The minimum absolute atomic E-state index is 0.284. The third kappa shape index (κ3) is 4.78. The molecule has 22 heavy (non-hydrogen) atoms. The summed E-state index contributed by atoms with van der Waals surface area (Å²) in [4.78, 5) is 12.1. The lowest BCUT2D eigenvalue weighted by Crippen LogP contribution is -2.35. The van der Waals surface area contributed by atoms with Gasteiger partial charge >= 0.3 is 6.09 Å². The molecule has 2 rings (SSSR count). The van der Waals surface area contributed by atoms with Crippen molar-refractivity contribution in [1.82, 2.24) is 5.32 Å². The maximum absolute atomic E-state index is 12.1. The Kier molecular flexibility index (Phi) is 5.09. The highest BCUT2D eigenvalue weighted by Crippen LogP contribution is 2.24. The molecule has 0 saturated heterocycles. The molecule has 2 aromatic rings. The molecule has 0 radical (unpaired) electrons. The molecule has 0 spiro atoms. The predicted octanol–water partition coefficient (Wildman–Crippen LogP) is 4.95. The van der Waals surface area contributed by atoms with Crippen LogP contribution in [0.4, 0.5) is 4.79 Å². The van der Waals surface area contributed by atoms with Gasteiger partial charge in [0.1, 0.15) is 5.60 Å². The third-order valence-electron chi connectivity index (χ3n) is 3.00. The van der Waals surface area contributed by atoms with Crippen LogP contribution in [0.5, 0.6) is 0 Å². The number of hydrogen-bond donors (Lipinski definition) is 1. The number of benzene rings is 2. The van der Waals surface area contributed by atoms with Gasteiger partial charge in [-0.2, -0.15) is 0 Å². The molecule has 0 aromatic heterocycles. The van der Waals surface area contributed by atoms with Crippen molar-refractivity contribution in [3.63, 3.8) is 0 Å². The van der Waals surface area contributed by atoms with Crippen LogP contribution in [0.25, 0.3) is 0 Å². The van der Waals surface area contributed by atoms with Crippen molar-refractivity contribution in [2.24, 2.45) is 0 Å². The Morgan fingerprint density at radius 1 is 1.00 bits per heavy atom. The largest absolute Gasteiger partial charge is 0.444 e. The van der Waals surface area contributed by atoms with Crippen LogP contribution < -0.4 is 5.32 Å². The molecule has 3 nitrogen and oxygen atoms in total. The van der Waals surface area contributed by atoms with E-state index in [4.69, 9.17) is 16.3 Å². The molecule has 2 aromatic carbocycles. The van der Waals surface area contributed by atoms with Crippen molar-refractivity contribution < 1.29 is 9.53 Å². The minimum atomic E-state index is -0.536. The van der Waals surface area contributed by atoms with Crippen LogP contribution in [0.15, 0.2) is 54.6 Å². The first-order chi connectivity index (χ1) is 10.3. The molecular formula is C18H20ClNO2. The van der Waals surface area contributed by atoms with Gasteiger partial charge in [0.15, 0.2) is 0 Å². The molecule has 1 amide bonds. The topological polar surface area (TPSA) is 38.3 Å². The van der Waals surface area contributed by atoms with Crippen LogP contribution in [0, 0.1) is 0 Å². The quantitative estimate of drug-likeness (QED) is 0.869. The van der Waals surface area contributed by atoms with Crippen LogP contribution >= 0.6 is 11.6 Å². The fourth-order valence-corrected chi connectivity index (χ4v) is 2.21. The maximum atomic E-state index is 12.1. The molecule has 1 unspecified atom stereocenters. The van der Waals surface area contributed by atoms with Crippen molar-refractivity contribution in [2.45, 2.75) is 32.4 Å². The SMILES string of the molecule is CC(C)(C)OC(=O)NC(c1ccccc1)c1ccc(Cl)cc1. The van der Waals surface area contributed by atoms with Crippen LogP contribution in [-0.2, 0) is 4.74 Å². The van der Waals surface area contributed by atoms with Gasteiger partial charge < -0.3 is 10.1 Å². The van der Waals surface area contributed by atoms with Crippen LogP contribution in [0.3, 0.4) is 0 Å². The standard InChI is InChI=1S/C18H20ClNO2/c1-18(2,3)22-17(21)20-16(13-7-5-4-6-8-13)14-9-11-15(19)12-10-14/h4-12,16H,1-3H3,(H,20,21). The molecule has 0 aliphatic carbocycles. The van der Waals surface area contributed by atoms with E-state index in [1.54, 1.807) is 0 Å². The lowest BCUT2D eigenvalue weighted by molar-refractivity contribution is 0.0512. The molecule has 0 aliphatic rings. The third-order valence-corrected chi connectivity index (χ3v) is 3.25. The van der Waals surface area contributed by atoms with Gasteiger partial charge in [-0.05, 0) is 44.0 Å². The molecule has 0 aliphatic heterocycles. The van der Waals surface area contributed by atoms with Gasteiger partial charge in [-0.1, -0.05) is 54.1 Å². The van der Waals surface area contributed by atoms with Crippen molar-refractivity contribution in [1.29, 1.82) is 0 Å². The number of hydrogen-bond acceptors (Lipinski definition) is 2. The van der Waals surface area contributed by atoms with E-state index in [2.05, 4.69) is 5.32 Å². The Morgan fingerprint density at radius 3 is 2.09 bits per heavy atom. The van der Waals surface area contributed by atoms with Gasteiger partial charge in [0, 0.05) is 5.02 Å². The second-order valence-electron chi connectivity index (χ2n) is 6.04. The van der Waals surface area contributed by atoms with Crippen LogP contribution in [0.2, 0.25) is 5.02 Å². The second kappa shape index (κ2) is 6.84. The number of alkyl carbamates (subject to hydrolysis) is 1. The summed E-state index contributed by atoms with van der Waals surface area (Å²) in [6.07, 6.45) is -0.448. The maximum Gasteiger partial charge on any atom is 0.408 e. The van der Waals surface area contributed by atoms with E-state index in [1.807, 2.05) is 75.4 Å². The van der Waals surface area contributed by atoms with Gasteiger partial charge in [-0.15, -0.1) is 0 Å². The molecule has 116 valence electrons. The molecular weight excluding hydrogens is 298 g/mol. The van der Waals surface area contributed by atoms with Crippen LogP contribution in [0.1, 0.15) is 37.9 Å². The van der Waals surface area contributed by atoms with Crippen molar-refractivity contribution in [3.8, 4) is 0 Å². The Hall–Kier alpha value is -2.00. The molecule has 0 fully saturated rings. The molecule has 0 heterocycles. The van der Waals surface area contributed by atoms with E-state index in [0.29, 0.717) is 5.02 Å². The Bertz CT molecular complexity index is 618. The van der Waals surface area contributed by atoms with Gasteiger partial charge in [-0.3, -0.25) is 0 Å². The van der Waals surface area contributed by atoms with Crippen molar-refractivity contribution in [3.05, 3.63) is 70.7 Å². The summed E-state index contributed by atoms with van der Waals surface area (Å²) in [5, 5.41) is 3.58. The highest BCUT2D eigenvalue weighted by Gasteiger charge is 2.21. The van der Waals surface area contributed by atoms with Gasteiger partial charge in [0.05, 0.1) is 6.04 Å². The summed E-state index contributed by atoms with van der Waals surface area (Å²) < 4.78 is 5.36. The minimum Gasteiger partial charge on any atom is -0.444 e. The molecule has 1 atom stereocenters. The molecule has 0 bridgehead atoms.